The average Bonchev–Trinajstić information content (AvgIpc) is 3.50. The smallest absolute Gasteiger partial charge is 0.352 e. The number of nitrogens with zero attached hydrogens (tertiary/aromatic N) is 6. The normalized spacial score (nSPS) is 27.8. The van der Waals surface area contributed by atoms with Crippen LogP contribution in [0.1, 0.15) is 18.7 Å². The second kappa shape index (κ2) is 8.48. The number of carbonyl (C=O) groups is 3. The van der Waals surface area contributed by atoms with Gasteiger partial charge in [-0.1, -0.05) is 5.16 Å². The molecule has 4 N–H and O–H groups in total. The third kappa shape index (κ3) is 3.56. The number of carboxylic acids is 1. The Morgan fingerprint density at radius 2 is 2.29 bits per heavy atom. The summed E-state index contributed by atoms with van der Waals surface area (Å²) in [5.41, 5.74) is 7.18. The van der Waals surface area contributed by atoms with Crippen molar-refractivity contribution >= 4 is 58.3 Å². The number of hydrogen-bond donors (Lipinski definition) is 3. The number of anilines is 1. The number of β-lactam (4-membered cyclic amide) rings is 1. The number of quaternary nitrogens is 1. The van der Waals surface area contributed by atoms with Crippen LogP contribution in [0.3, 0.4) is 0 Å². The van der Waals surface area contributed by atoms with Gasteiger partial charge in [-0.2, -0.15) is 9.36 Å². The Hall–Kier alpha value is -3.30. The number of fused-ring (bicyclic) bond motifs is 2. The zero-order valence-corrected chi connectivity index (χ0v) is 19.6. The van der Waals surface area contributed by atoms with Gasteiger partial charge in [0.25, 0.3) is 11.8 Å². The first-order valence-electron chi connectivity index (χ1n) is 10.4. The van der Waals surface area contributed by atoms with Gasteiger partial charge in [-0.15, -0.1) is 11.8 Å². The van der Waals surface area contributed by atoms with Crippen LogP contribution < -0.4 is 11.1 Å². The van der Waals surface area contributed by atoms with Crippen LogP contribution in [-0.2, 0) is 19.2 Å². The van der Waals surface area contributed by atoms with Gasteiger partial charge in [0.2, 0.25) is 11.5 Å². The van der Waals surface area contributed by atoms with E-state index in [1.807, 2.05) is 12.5 Å². The third-order valence-electron chi connectivity index (χ3n) is 6.13. The van der Waals surface area contributed by atoms with Crippen molar-refractivity contribution in [3.63, 3.8) is 0 Å². The number of aromatic nitrogens is 2. The van der Waals surface area contributed by atoms with E-state index in [0.29, 0.717) is 22.4 Å². The number of oxime groups is 1. The first kappa shape index (κ1) is 22.5. The van der Waals surface area contributed by atoms with Crippen molar-refractivity contribution in [3.05, 3.63) is 29.0 Å². The monoisotopic (exact) mass is 505 g/mol. The topological polar surface area (TPSA) is 172 Å². The summed E-state index contributed by atoms with van der Waals surface area (Å²) in [6.07, 6.45) is 5.62. The van der Waals surface area contributed by atoms with Crippen LogP contribution in [-0.4, -0.2) is 91.0 Å². The molecule has 0 aliphatic carbocycles. The fourth-order valence-corrected chi connectivity index (χ4v) is 6.42. The fraction of sp³-hybridized carbons (Fsp3) is 0.421. The van der Waals surface area contributed by atoms with Crippen molar-refractivity contribution in [2.24, 2.45) is 10.1 Å². The van der Waals surface area contributed by atoms with Crippen LogP contribution in [0.5, 0.6) is 0 Å². The van der Waals surface area contributed by atoms with Gasteiger partial charge in [0, 0.05) is 35.7 Å². The van der Waals surface area contributed by atoms with E-state index in [9.17, 15) is 19.5 Å². The molecule has 5 rings (SSSR count). The number of nitrogens with one attached hydrogen (secondary N) is 1. The van der Waals surface area contributed by atoms with Gasteiger partial charge < -0.3 is 21.0 Å². The van der Waals surface area contributed by atoms with Gasteiger partial charge >= 0.3 is 5.97 Å². The van der Waals surface area contributed by atoms with E-state index in [0.717, 1.165) is 36.6 Å². The number of carbonyl (C=O) groups excluding carboxylic acids is 2. The number of aliphatic carboxylic acids is 1. The molecule has 0 aromatic carbocycles. The van der Waals surface area contributed by atoms with Gasteiger partial charge in [0.15, 0.2) is 11.5 Å². The predicted molar refractivity (Wildman–Crippen MR) is 123 cm³/mol. The molecule has 1 unspecified atom stereocenters. The first-order chi connectivity index (χ1) is 16.3. The van der Waals surface area contributed by atoms with Crippen molar-refractivity contribution in [1.29, 1.82) is 0 Å². The highest BCUT2D eigenvalue weighted by atomic mass is 32.2. The molecule has 4 aliphatic heterocycles. The van der Waals surface area contributed by atoms with E-state index in [4.69, 9.17) is 10.6 Å². The Bertz CT molecular complexity index is 1210. The molecule has 1 aromatic rings. The minimum absolute atomic E-state index is 0.0157. The molecule has 2 saturated heterocycles. The Morgan fingerprint density at radius 1 is 1.47 bits per heavy atom. The number of hydrogen-bond acceptors (Lipinski definition) is 11. The summed E-state index contributed by atoms with van der Waals surface area (Å²) in [4.78, 5) is 52.2. The zero-order valence-electron chi connectivity index (χ0n) is 18.0. The van der Waals surface area contributed by atoms with Crippen molar-refractivity contribution in [2.75, 3.05) is 31.7 Å². The molecule has 15 heteroatoms. The summed E-state index contributed by atoms with van der Waals surface area (Å²) in [5.74, 6) is -1.99. The maximum Gasteiger partial charge on any atom is 0.352 e. The largest absolute Gasteiger partial charge is 0.477 e. The third-order valence-corrected chi connectivity index (χ3v) is 8.02. The van der Waals surface area contributed by atoms with E-state index in [1.54, 1.807) is 0 Å². The van der Waals surface area contributed by atoms with Gasteiger partial charge in [-0.3, -0.25) is 14.5 Å². The van der Waals surface area contributed by atoms with Gasteiger partial charge in [-0.05, 0) is 0 Å². The van der Waals surface area contributed by atoms with Crippen LogP contribution in [0.25, 0.3) is 0 Å². The fourth-order valence-electron chi connectivity index (χ4n) is 4.65. The lowest BCUT2D eigenvalue weighted by molar-refractivity contribution is -0.777. The molecule has 4 aliphatic rings. The summed E-state index contributed by atoms with van der Waals surface area (Å²) in [7, 11) is 1.26. The number of nitrogens with two attached hydrogens (primary N) is 1. The van der Waals surface area contributed by atoms with E-state index in [-0.39, 0.29) is 22.4 Å². The quantitative estimate of drug-likeness (QED) is 0.195. The average molecular weight is 506 g/mol. The van der Waals surface area contributed by atoms with E-state index < -0.39 is 29.2 Å². The minimum atomic E-state index is -1.17. The van der Waals surface area contributed by atoms with Crippen molar-refractivity contribution in [2.45, 2.75) is 24.3 Å². The van der Waals surface area contributed by atoms with Crippen LogP contribution in [0, 0.1) is 0 Å². The Balaban J connectivity index is 1.36. The molecule has 34 heavy (non-hydrogen) atoms. The van der Waals surface area contributed by atoms with Crippen molar-refractivity contribution in [3.8, 4) is 0 Å². The highest BCUT2D eigenvalue weighted by molar-refractivity contribution is 8.00. The van der Waals surface area contributed by atoms with Gasteiger partial charge in [0.05, 0.1) is 12.7 Å². The molecule has 0 radical (unpaired) electrons. The highest BCUT2D eigenvalue weighted by Crippen LogP contribution is 2.42. The maximum absolute atomic E-state index is 13.0. The molecule has 0 spiro atoms. The molecular formula is C19H21N8O5S2+. The number of rotatable bonds is 7. The van der Waals surface area contributed by atoms with E-state index in [2.05, 4.69) is 24.8 Å². The summed E-state index contributed by atoms with van der Waals surface area (Å²) < 4.78 is 4.47. The summed E-state index contributed by atoms with van der Waals surface area (Å²) >= 11 is 2.30. The number of allylic oxidation sites excluding steroid dienone is 1. The Kier molecular flexibility index (Phi) is 5.61. The van der Waals surface area contributed by atoms with Crippen LogP contribution >= 0.6 is 23.3 Å². The van der Waals surface area contributed by atoms with Crippen LogP contribution in [0.15, 0.2) is 33.3 Å². The summed E-state index contributed by atoms with van der Waals surface area (Å²) in [5, 5.41) is 15.8. The van der Waals surface area contributed by atoms with Crippen LogP contribution in [0.4, 0.5) is 5.13 Å². The second-order valence-electron chi connectivity index (χ2n) is 8.10. The van der Waals surface area contributed by atoms with Gasteiger partial charge in [-0.25, -0.2) is 14.3 Å². The lowest BCUT2D eigenvalue weighted by Crippen LogP contribution is -2.71. The predicted octanol–water partition coefficient (Wildman–Crippen LogP) is -0.297. The molecule has 0 saturated carbocycles. The number of carboxylic acid groups (broad SMARTS) is 1. The lowest BCUT2D eigenvalue weighted by atomic mass is 10.0. The molecule has 5 heterocycles. The summed E-state index contributed by atoms with van der Waals surface area (Å²) in [6.45, 7) is 1.31. The van der Waals surface area contributed by atoms with Crippen molar-refractivity contribution < 1.29 is 28.8 Å². The number of thioether (sulfide) groups is 1. The zero-order chi connectivity index (χ0) is 24.0. The molecule has 3 atom stereocenters. The molecule has 178 valence electrons. The molecule has 1 aromatic heterocycles. The molecule has 13 nitrogen and oxygen atoms in total. The van der Waals surface area contributed by atoms with E-state index in [1.165, 1.54) is 23.8 Å². The summed E-state index contributed by atoms with van der Waals surface area (Å²) in [6, 6.07) is -0.922. The molecule has 0 bridgehead atoms. The number of nitrogen functional groups attached to an aromatic ring is 1. The maximum atomic E-state index is 13.0. The lowest BCUT2D eigenvalue weighted by Gasteiger charge is -2.49. The molecular weight excluding hydrogens is 484 g/mol. The molecule has 2 fully saturated rings. The van der Waals surface area contributed by atoms with Gasteiger partial charge in [0.1, 0.15) is 36.5 Å². The standard InChI is InChI=1S/C19H20N8O5S2/c1-32-24-11(14-23-19(20)34-25-14)15(28)22-12-16(29)26-13(18(30)31)9(7-33-17(12)26)6-27-4-2-3-10(27)5-21-8-27/h5,8,12,17H,2-4,6-7H2,1H3,(H3-,20,22,23,25,28,30,31)/p+1/b24-11-/t12-,17-,27?/m1/s1. The van der Waals surface area contributed by atoms with Crippen molar-refractivity contribution in [1.82, 2.24) is 19.6 Å². The van der Waals surface area contributed by atoms with Crippen LogP contribution in [0.2, 0.25) is 0 Å². The Morgan fingerprint density at radius 3 is 3.00 bits per heavy atom. The number of amides is 2. The second-order valence-corrected chi connectivity index (χ2v) is 9.99. The number of aliphatic imine (C=N–C) groups is 1. The highest BCUT2D eigenvalue weighted by Gasteiger charge is 2.55. The SMILES string of the molecule is CO/N=C(\C(=O)N[C@@H]1C(=O)N2C(C(=O)O)=C(C[N+]34C=NC=C3CCC4)CS[C@H]12)c1nsc(N)n1. The minimum Gasteiger partial charge on any atom is -0.477 e. The first-order valence-corrected chi connectivity index (χ1v) is 12.2. The molecule has 2 amide bonds. The Labute approximate surface area is 201 Å². The van der Waals surface area contributed by atoms with E-state index >= 15 is 0 Å².